The summed E-state index contributed by atoms with van der Waals surface area (Å²) in [5.41, 5.74) is -1.84. The number of rotatable bonds is 6. The summed E-state index contributed by atoms with van der Waals surface area (Å²) in [7, 11) is 0. The molecule has 2 heterocycles. The molecule has 1 amide bonds. The average Bonchev–Trinajstić information content (AvgIpc) is 3.29. The number of aromatic nitrogens is 2. The summed E-state index contributed by atoms with van der Waals surface area (Å²) in [6, 6.07) is 6.66. The fourth-order valence-electron chi connectivity index (χ4n) is 2.61. The molecule has 0 saturated heterocycles. The van der Waals surface area contributed by atoms with Crippen molar-refractivity contribution >= 4 is 17.8 Å². The Morgan fingerprint density at radius 1 is 1.16 bits per heavy atom. The van der Waals surface area contributed by atoms with Crippen LogP contribution in [0.4, 0.5) is 32.2 Å². The molecule has 5 nitrogen and oxygen atoms in total. The average molecular weight is 443 g/mol. The van der Waals surface area contributed by atoms with Gasteiger partial charge in [0, 0.05) is 30.8 Å². The number of furan rings is 1. The van der Waals surface area contributed by atoms with Gasteiger partial charge in [-0.05, 0) is 24.3 Å². The summed E-state index contributed by atoms with van der Waals surface area (Å²) in [6.45, 7) is 0.729. The van der Waals surface area contributed by atoms with Gasteiger partial charge in [0.1, 0.15) is 11.6 Å². The zero-order valence-corrected chi connectivity index (χ0v) is 15.9. The first-order valence-electron chi connectivity index (χ1n) is 8.79. The molecule has 0 aliphatic carbocycles. The molecule has 1 aromatic carbocycles. The molecule has 0 unspecified atom stereocenters. The van der Waals surface area contributed by atoms with Gasteiger partial charge in [0.25, 0.3) is 0 Å². The first-order valence-corrected chi connectivity index (χ1v) is 8.79. The van der Waals surface area contributed by atoms with Gasteiger partial charge in [-0.1, -0.05) is 12.1 Å². The molecule has 1 N–H and O–H groups in total. The van der Waals surface area contributed by atoms with Crippen LogP contribution in [-0.2, 0) is 23.4 Å². The minimum atomic E-state index is -4.86. The normalized spacial score (nSPS) is 12.5. The molecule has 0 atom stereocenters. The van der Waals surface area contributed by atoms with E-state index >= 15 is 0 Å². The number of anilines is 1. The van der Waals surface area contributed by atoms with E-state index in [4.69, 9.17) is 4.42 Å². The Bertz CT molecular complexity index is 1110. The summed E-state index contributed by atoms with van der Waals surface area (Å²) in [6.07, 6.45) is -1.63. The number of nitrogens with zero attached hydrogens (tertiary/aromatic N) is 2. The summed E-state index contributed by atoms with van der Waals surface area (Å²) >= 11 is 0. The number of hydrogen-bond donors (Lipinski definition) is 1. The maximum Gasteiger partial charge on any atom is 0.419 e. The van der Waals surface area contributed by atoms with E-state index in [-0.39, 0.29) is 18.1 Å². The van der Waals surface area contributed by atoms with Gasteiger partial charge in [0.15, 0.2) is 11.6 Å². The lowest BCUT2D eigenvalue weighted by Gasteiger charge is -2.09. The third-order valence-corrected chi connectivity index (χ3v) is 4.05. The fourth-order valence-corrected chi connectivity index (χ4v) is 2.61. The second-order valence-corrected chi connectivity index (χ2v) is 6.58. The Labute approximate surface area is 172 Å². The van der Waals surface area contributed by atoms with Crippen molar-refractivity contribution in [3.8, 4) is 0 Å². The Kier molecular flexibility index (Phi) is 5.96. The second kappa shape index (κ2) is 8.32. The number of hydrogen-bond acceptors (Lipinski definition) is 3. The molecular formula is C20H15F6N3O2. The Morgan fingerprint density at radius 3 is 2.55 bits per heavy atom. The zero-order valence-electron chi connectivity index (χ0n) is 15.9. The molecule has 0 spiro atoms. The number of carbonyl (C=O) groups excluding carboxylic acids is 1. The third-order valence-electron chi connectivity index (χ3n) is 4.05. The topological polar surface area (TPSA) is 60.1 Å². The predicted molar refractivity (Wildman–Crippen MR) is 98.7 cm³/mol. The molecule has 0 fully saturated rings. The monoisotopic (exact) mass is 443 g/mol. The van der Waals surface area contributed by atoms with E-state index in [2.05, 4.69) is 10.4 Å². The van der Waals surface area contributed by atoms with Crippen LogP contribution in [0, 0.1) is 5.82 Å². The lowest BCUT2D eigenvalue weighted by atomic mass is 10.1. The van der Waals surface area contributed by atoms with Crippen LogP contribution in [0.15, 0.2) is 53.1 Å². The molecule has 3 rings (SSSR count). The first-order chi connectivity index (χ1) is 14.4. The molecule has 0 bridgehead atoms. The summed E-state index contributed by atoms with van der Waals surface area (Å²) in [5, 5.41) is 6.38. The maximum atomic E-state index is 14.0. The minimum Gasteiger partial charge on any atom is -0.458 e. The van der Waals surface area contributed by atoms with Crippen LogP contribution in [0.25, 0.3) is 6.08 Å². The number of halogens is 6. The quantitative estimate of drug-likeness (QED) is 0.407. The van der Waals surface area contributed by atoms with Crippen LogP contribution in [0.3, 0.4) is 0 Å². The Morgan fingerprint density at radius 2 is 1.90 bits per heavy atom. The van der Waals surface area contributed by atoms with E-state index in [1.54, 1.807) is 0 Å². The summed E-state index contributed by atoms with van der Waals surface area (Å²) in [5.74, 6) is -5.54. The van der Waals surface area contributed by atoms with Crippen molar-refractivity contribution in [2.24, 2.45) is 0 Å². The van der Waals surface area contributed by atoms with Gasteiger partial charge in [0.2, 0.25) is 5.91 Å². The highest BCUT2D eigenvalue weighted by molar-refractivity contribution is 6.01. The summed E-state index contributed by atoms with van der Waals surface area (Å²) < 4.78 is 84.9. The molecule has 31 heavy (non-hydrogen) atoms. The molecule has 3 aromatic rings. The number of nitrogens with one attached hydrogen (secondary N) is 1. The van der Waals surface area contributed by atoms with Crippen LogP contribution >= 0.6 is 0 Å². The number of amides is 1. The van der Waals surface area contributed by atoms with Gasteiger partial charge in [-0.25, -0.2) is 4.39 Å². The largest absolute Gasteiger partial charge is 0.458 e. The standard InChI is InChI=1S/C20H15F6N3O2/c1-19(22,23)15-7-6-13(31-15)11-29-10-9-16(28-29)27-17(30)8-5-12-3-2-4-14(18(12)21)20(24,25)26/h2-10H,11H2,1H3,(H,27,28,30)/b8-5-. The van der Waals surface area contributed by atoms with Gasteiger partial charge >= 0.3 is 12.1 Å². The number of carbonyl (C=O) groups is 1. The van der Waals surface area contributed by atoms with E-state index < -0.39 is 40.7 Å². The molecule has 11 heteroatoms. The maximum absolute atomic E-state index is 14.0. The highest BCUT2D eigenvalue weighted by atomic mass is 19.4. The minimum absolute atomic E-state index is 0.0250. The highest BCUT2D eigenvalue weighted by Gasteiger charge is 2.34. The SMILES string of the molecule is CC(F)(F)c1ccc(Cn2ccc(NC(=O)/C=C\c3cccc(C(F)(F)F)c3F)n2)o1. The smallest absolute Gasteiger partial charge is 0.419 e. The van der Waals surface area contributed by atoms with Gasteiger partial charge in [-0.3, -0.25) is 9.48 Å². The van der Waals surface area contributed by atoms with Crippen molar-refractivity contribution in [3.05, 3.63) is 77.1 Å². The fraction of sp³-hybridized carbons (Fsp3) is 0.200. The lowest BCUT2D eigenvalue weighted by molar-refractivity contribution is -0.140. The first kappa shape index (κ1) is 22.2. The molecular weight excluding hydrogens is 428 g/mol. The molecule has 0 saturated carbocycles. The van der Waals surface area contributed by atoms with Crippen LogP contribution in [0.1, 0.15) is 29.6 Å². The zero-order chi connectivity index (χ0) is 22.8. The molecule has 2 aromatic heterocycles. The van der Waals surface area contributed by atoms with Gasteiger partial charge < -0.3 is 9.73 Å². The van der Waals surface area contributed by atoms with Crippen LogP contribution in [0.2, 0.25) is 0 Å². The number of alkyl halides is 5. The molecule has 0 aliphatic rings. The van der Waals surface area contributed by atoms with Crippen LogP contribution in [0.5, 0.6) is 0 Å². The predicted octanol–water partition coefficient (Wildman–Crippen LogP) is 5.45. The summed E-state index contributed by atoms with van der Waals surface area (Å²) in [4.78, 5) is 12.0. The van der Waals surface area contributed by atoms with Crippen molar-refractivity contribution in [1.29, 1.82) is 0 Å². The lowest BCUT2D eigenvalue weighted by Crippen LogP contribution is -2.10. The van der Waals surface area contributed by atoms with E-state index in [1.807, 2.05) is 0 Å². The van der Waals surface area contributed by atoms with E-state index in [1.165, 1.54) is 23.0 Å². The Hall–Kier alpha value is -3.50. The Balaban J connectivity index is 1.63. The van der Waals surface area contributed by atoms with E-state index in [9.17, 15) is 31.1 Å². The van der Waals surface area contributed by atoms with Crippen molar-refractivity contribution < 1.29 is 35.6 Å². The van der Waals surface area contributed by atoms with Gasteiger partial charge in [0.05, 0.1) is 12.1 Å². The van der Waals surface area contributed by atoms with E-state index in [0.29, 0.717) is 13.0 Å². The molecule has 0 aliphatic heterocycles. The van der Waals surface area contributed by atoms with Crippen molar-refractivity contribution in [2.45, 2.75) is 25.6 Å². The highest BCUT2D eigenvalue weighted by Crippen LogP contribution is 2.32. The number of benzene rings is 1. The van der Waals surface area contributed by atoms with Crippen molar-refractivity contribution in [1.82, 2.24) is 9.78 Å². The second-order valence-electron chi connectivity index (χ2n) is 6.58. The third kappa shape index (κ3) is 5.56. The van der Waals surface area contributed by atoms with Crippen molar-refractivity contribution in [2.75, 3.05) is 5.32 Å². The van der Waals surface area contributed by atoms with Crippen molar-refractivity contribution in [3.63, 3.8) is 0 Å². The molecule has 0 radical (unpaired) electrons. The van der Waals surface area contributed by atoms with Gasteiger partial charge in [-0.2, -0.15) is 27.1 Å². The molecule has 164 valence electrons. The van der Waals surface area contributed by atoms with Crippen LogP contribution < -0.4 is 5.32 Å². The van der Waals surface area contributed by atoms with E-state index in [0.717, 1.165) is 30.4 Å². The van der Waals surface area contributed by atoms with Crippen LogP contribution in [-0.4, -0.2) is 15.7 Å². The van der Waals surface area contributed by atoms with Gasteiger partial charge in [-0.15, -0.1) is 0 Å².